The summed E-state index contributed by atoms with van der Waals surface area (Å²) < 4.78 is 40.5. The number of hydrogen-bond donors (Lipinski definition) is 1. The Bertz CT molecular complexity index is 461. The first-order valence-corrected chi connectivity index (χ1v) is 7.09. The molecule has 0 unspecified atom stereocenters. The summed E-state index contributed by atoms with van der Waals surface area (Å²) in [6, 6.07) is 0. The number of nitrogens with two attached hydrogens (primary N) is 1. The Hall–Kier alpha value is -1.44. The van der Waals surface area contributed by atoms with Gasteiger partial charge in [-0.3, -0.25) is 0 Å². The van der Waals surface area contributed by atoms with Gasteiger partial charge in [-0.25, -0.2) is 4.98 Å². The fraction of sp³-hybridized carbons (Fsp3) is 0.769. The third-order valence-electron chi connectivity index (χ3n) is 3.42. The molecule has 5 nitrogen and oxygen atoms in total. The molecule has 0 aromatic carbocycles. The molecule has 0 amide bonds. The summed E-state index contributed by atoms with van der Waals surface area (Å²) in [5, 5.41) is 0. The van der Waals surface area contributed by atoms with Crippen LogP contribution in [-0.4, -0.2) is 34.3 Å². The van der Waals surface area contributed by atoms with Crippen molar-refractivity contribution in [3.05, 3.63) is 11.6 Å². The molecule has 1 fully saturated rings. The van der Waals surface area contributed by atoms with Gasteiger partial charge in [-0.2, -0.15) is 23.1 Å². The molecule has 0 saturated heterocycles. The molecular weight excluding hydrogens is 285 g/mol. The maximum absolute atomic E-state index is 12.0. The van der Waals surface area contributed by atoms with Crippen molar-refractivity contribution < 1.29 is 17.9 Å². The highest BCUT2D eigenvalue weighted by Gasteiger charge is 2.27. The molecule has 1 aliphatic carbocycles. The molecule has 0 atom stereocenters. The van der Waals surface area contributed by atoms with Crippen LogP contribution in [0.4, 0.5) is 19.1 Å². The molecule has 1 aliphatic rings. The second-order valence-electron chi connectivity index (χ2n) is 5.22. The third kappa shape index (κ3) is 5.45. The first-order chi connectivity index (χ1) is 9.94. The lowest BCUT2D eigenvalue weighted by atomic mass is 9.89. The zero-order chi connectivity index (χ0) is 15.3. The minimum atomic E-state index is -4.31. The largest absolute Gasteiger partial charge is 0.411 e. The average molecular weight is 304 g/mol. The number of aromatic nitrogens is 3. The molecule has 0 spiro atoms. The number of anilines is 1. The molecule has 1 aromatic rings. The topological polar surface area (TPSA) is 73.9 Å². The van der Waals surface area contributed by atoms with Crippen molar-refractivity contribution in [1.29, 1.82) is 0 Å². The lowest BCUT2D eigenvalue weighted by molar-refractivity contribution is -0.173. The monoisotopic (exact) mass is 304 g/mol. The molecule has 1 heterocycles. The molecule has 21 heavy (non-hydrogen) atoms. The smallest absolute Gasteiger partial charge is 0.372 e. The summed E-state index contributed by atoms with van der Waals surface area (Å²) in [4.78, 5) is 12.4. The van der Waals surface area contributed by atoms with Crippen LogP contribution in [0, 0.1) is 0 Å². The van der Waals surface area contributed by atoms with E-state index in [9.17, 15) is 13.2 Å². The Kier molecular flexibility index (Phi) is 5.33. The number of nitrogens with zero attached hydrogens (tertiary/aromatic N) is 3. The van der Waals surface area contributed by atoms with Gasteiger partial charge in [0.1, 0.15) is 18.3 Å². The van der Waals surface area contributed by atoms with Crippen molar-refractivity contribution >= 4 is 5.95 Å². The van der Waals surface area contributed by atoms with Crippen molar-refractivity contribution in [1.82, 2.24) is 15.0 Å². The summed E-state index contributed by atoms with van der Waals surface area (Å²) >= 11 is 0. The summed E-state index contributed by atoms with van der Waals surface area (Å²) in [6.07, 6.45) is 1.42. The lowest BCUT2D eigenvalue weighted by Gasteiger charge is -2.20. The first kappa shape index (κ1) is 15.9. The van der Waals surface area contributed by atoms with Crippen molar-refractivity contribution in [2.24, 2.45) is 0 Å². The van der Waals surface area contributed by atoms with Crippen molar-refractivity contribution in [3.63, 3.8) is 0 Å². The standard InChI is InChI=1S/C13H19F3N4O/c14-13(15,16)8-21-7-6-10-18-11(20-12(17)19-10)9-4-2-1-3-5-9/h9H,1-8H2,(H2,17,18,19,20). The van der Waals surface area contributed by atoms with Crippen LogP contribution >= 0.6 is 0 Å². The second-order valence-corrected chi connectivity index (χ2v) is 5.22. The van der Waals surface area contributed by atoms with Crippen molar-refractivity contribution in [3.8, 4) is 0 Å². The minimum Gasteiger partial charge on any atom is -0.372 e. The normalized spacial score (nSPS) is 17.1. The Balaban J connectivity index is 1.92. The molecule has 118 valence electrons. The molecule has 0 bridgehead atoms. The summed E-state index contributed by atoms with van der Waals surface area (Å²) in [6.45, 7) is -1.35. The van der Waals surface area contributed by atoms with Crippen LogP contribution in [0.1, 0.15) is 49.7 Å². The zero-order valence-corrected chi connectivity index (χ0v) is 11.7. The van der Waals surface area contributed by atoms with Gasteiger partial charge in [0, 0.05) is 12.3 Å². The second kappa shape index (κ2) is 7.02. The average Bonchev–Trinajstić information content (AvgIpc) is 2.43. The Morgan fingerprint density at radius 1 is 1.10 bits per heavy atom. The predicted octanol–water partition coefficient (Wildman–Crippen LogP) is 2.62. The summed E-state index contributed by atoms with van der Waals surface area (Å²) in [5.41, 5.74) is 5.66. The van der Waals surface area contributed by atoms with E-state index in [-0.39, 0.29) is 24.9 Å². The maximum atomic E-state index is 12.0. The van der Waals surface area contributed by atoms with Crippen LogP contribution in [0.25, 0.3) is 0 Å². The van der Waals surface area contributed by atoms with E-state index >= 15 is 0 Å². The SMILES string of the molecule is Nc1nc(CCOCC(F)(F)F)nc(C2CCCCC2)n1. The lowest BCUT2D eigenvalue weighted by Crippen LogP contribution is -2.19. The van der Waals surface area contributed by atoms with Crippen molar-refractivity contribution in [2.75, 3.05) is 18.9 Å². The van der Waals surface area contributed by atoms with Crippen LogP contribution in [-0.2, 0) is 11.2 Å². The van der Waals surface area contributed by atoms with Gasteiger partial charge in [-0.1, -0.05) is 19.3 Å². The predicted molar refractivity (Wildman–Crippen MR) is 70.6 cm³/mol. The van der Waals surface area contributed by atoms with Gasteiger partial charge >= 0.3 is 6.18 Å². The third-order valence-corrected chi connectivity index (χ3v) is 3.42. The van der Waals surface area contributed by atoms with E-state index in [2.05, 4.69) is 19.7 Å². The van der Waals surface area contributed by atoms with Gasteiger partial charge in [-0.05, 0) is 12.8 Å². The van der Waals surface area contributed by atoms with Gasteiger partial charge < -0.3 is 10.5 Å². The van der Waals surface area contributed by atoms with Gasteiger partial charge in [0.2, 0.25) is 5.95 Å². The minimum absolute atomic E-state index is 0.0902. The molecule has 2 N–H and O–H groups in total. The van der Waals surface area contributed by atoms with E-state index in [1.807, 2.05) is 0 Å². The van der Waals surface area contributed by atoms with E-state index in [0.717, 1.165) is 25.7 Å². The highest BCUT2D eigenvalue weighted by molar-refractivity contribution is 5.17. The van der Waals surface area contributed by atoms with Crippen LogP contribution < -0.4 is 5.73 Å². The van der Waals surface area contributed by atoms with Gasteiger partial charge in [0.15, 0.2) is 0 Å². The van der Waals surface area contributed by atoms with E-state index in [1.54, 1.807) is 0 Å². The zero-order valence-electron chi connectivity index (χ0n) is 11.7. The highest BCUT2D eigenvalue weighted by Crippen LogP contribution is 2.30. The Morgan fingerprint density at radius 3 is 2.48 bits per heavy atom. The van der Waals surface area contributed by atoms with E-state index in [4.69, 9.17) is 5.73 Å². The molecule has 2 rings (SSSR count). The Morgan fingerprint density at radius 2 is 1.81 bits per heavy atom. The van der Waals surface area contributed by atoms with Crippen LogP contribution in [0.3, 0.4) is 0 Å². The van der Waals surface area contributed by atoms with Crippen molar-refractivity contribution in [2.45, 2.75) is 50.6 Å². The number of halogens is 3. The van der Waals surface area contributed by atoms with E-state index in [0.29, 0.717) is 11.6 Å². The summed E-state index contributed by atoms with van der Waals surface area (Å²) in [5.74, 6) is 1.45. The molecule has 1 aromatic heterocycles. The van der Waals surface area contributed by atoms with Crippen LogP contribution in [0.5, 0.6) is 0 Å². The number of nitrogen functional groups attached to an aromatic ring is 1. The number of ether oxygens (including phenoxy) is 1. The van der Waals surface area contributed by atoms with E-state index in [1.165, 1.54) is 6.42 Å². The van der Waals surface area contributed by atoms with Gasteiger partial charge in [0.25, 0.3) is 0 Å². The molecule has 0 radical (unpaired) electrons. The van der Waals surface area contributed by atoms with Crippen LogP contribution in [0.2, 0.25) is 0 Å². The number of rotatable bonds is 5. The van der Waals surface area contributed by atoms with Gasteiger partial charge in [-0.15, -0.1) is 0 Å². The number of alkyl halides is 3. The highest BCUT2D eigenvalue weighted by atomic mass is 19.4. The molecule has 0 aliphatic heterocycles. The number of hydrogen-bond acceptors (Lipinski definition) is 5. The fourth-order valence-corrected chi connectivity index (χ4v) is 2.46. The van der Waals surface area contributed by atoms with Gasteiger partial charge in [0.05, 0.1) is 6.61 Å². The first-order valence-electron chi connectivity index (χ1n) is 7.09. The fourth-order valence-electron chi connectivity index (χ4n) is 2.46. The molecule has 8 heteroatoms. The maximum Gasteiger partial charge on any atom is 0.411 e. The van der Waals surface area contributed by atoms with Crippen LogP contribution in [0.15, 0.2) is 0 Å². The Labute approximate surface area is 121 Å². The molecular formula is C13H19F3N4O. The summed E-state index contributed by atoms with van der Waals surface area (Å²) in [7, 11) is 0. The van der Waals surface area contributed by atoms with E-state index < -0.39 is 12.8 Å². The quantitative estimate of drug-likeness (QED) is 0.846. The molecule has 1 saturated carbocycles.